The molecule has 0 aliphatic carbocycles. The van der Waals surface area contributed by atoms with Crippen molar-refractivity contribution < 1.29 is 9.53 Å². The van der Waals surface area contributed by atoms with E-state index in [4.69, 9.17) is 27.9 Å². The van der Waals surface area contributed by atoms with Crippen molar-refractivity contribution in [3.63, 3.8) is 0 Å². The van der Waals surface area contributed by atoms with E-state index < -0.39 is 0 Å². The fourth-order valence-corrected chi connectivity index (χ4v) is 2.57. The summed E-state index contributed by atoms with van der Waals surface area (Å²) < 4.78 is 5.57. The van der Waals surface area contributed by atoms with Crippen LogP contribution in [0, 0.1) is 0 Å². The highest BCUT2D eigenvalue weighted by atomic mass is 35.5. The Bertz CT molecular complexity index is 863. The minimum atomic E-state index is -0.317. The molecule has 0 aliphatic heterocycles. The van der Waals surface area contributed by atoms with Crippen LogP contribution in [0.3, 0.4) is 0 Å². The van der Waals surface area contributed by atoms with Crippen molar-refractivity contribution in [2.75, 3.05) is 11.9 Å². The van der Waals surface area contributed by atoms with E-state index in [9.17, 15) is 4.79 Å². The van der Waals surface area contributed by atoms with Crippen molar-refractivity contribution in [3.8, 4) is 5.75 Å². The van der Waals surface area contributed by atoms with E-state index in [1.165, 1.54) is 0 Å². The Morgan fingerprint density at radius 3 is 2.78 bits per heavy atom. The second-order valence-electron chi connectivity index (χ2n) is 4.79. The van der Waals surface area contributed by atoms with E-state index in [0.29, 0.717) is 27.0 Å². The average Bonchev–Trinajstić information content (AvgIpc) is 2.55. The molecule has 1 heterocycles. The second-order valence-corrected chi connectivity index (χ2v) is 5.64. The number of benzene rings is 2. The van der Waals surface area contributed by atoms with Gasteiger partial charge < -0.3 is 10.1 Å². The van der Waals surface area contributed by atoms with Crippen LogP contribution in [-0.2, 0) is 4.79 Å². The first-order valence-corrected chi connectivity index (χ1v) is 7.60. The molecule has 0 spiro atoms. The number of nitrogens with one attached hydrogen (secondary N) is 1. The molecule has 0 radical (unpaired) electrons. The molecule has 0 saturated heterocycles. The summed E-state index contributed by atoms with van der Waals surface area (Å²) in [6, 6.07) is 14.2. The van der Waals surface area contributed by atoms with Gasteiger partial charge in [-0.1, -0.05) is 41.4 Å². The Balaban J connectivity index is 1.69. The molecule has 6 heteroatoms. The van der Waals surface area contributed by atoms with Gasteiger partial charge in [0, 0.05) is 16.6 Å². The van der Waals surface area contributed by atoms with Crippen LogP contribution >= 0.6 is 23.2 Å². The van der Waals surface area contributed by atoms with Crippen LogP contribution in [0.15, 0.2) is 54.7 Å². The second kappa shape index (κ2) is 6.86. The smallest absolute Gasteiger partial charge is 0.262 e. The van der Waals surface area contributed by atoms with Gasteiger partial charge in [-0.2, -0.15) is 0 Å². The number of carbonyl (C=O) groups excluding carboxylic acids is 1. The van der Waals surface area contributed by atoms with Crippen molar-refractivity contribution in [2.24, 2.45) is 0 Å². The van der Waals surface area contributed by atoms with Gasteiger partial charge in [-0.05, 0) is 30.3 Å². The van der Waals surface area contributed by atoms with Crippen molar-refractivity contribution >= 4 is 45.7 Å². The molecule has 0 saturated carbocycles. The Morgan fingerprint density at radius 1 is 1.13 bits per heavy atom. The van der Waals surface area contributed by atoms with E-state index >= 15 is 0 Å². The topological polar surface area (TPSA) is 51.2 Å². The van der Waals surface area contributed by atoms with Gasteiger partial charge in [0.25, 0.3) is 5.91 Å². The predicted octanol–water partition coefficient (Wildman–Crippen LogP) is 4.56. The third-order valence-corrected chi connectivity index (χ3v) is 3.71. The summed E-state index contributed by atoms with van der Waals surface area (Å²) in [6.45, 7) is -0.144. The zero-order valence-electron chi connectivity index (χ0n) is 11.9. The first-order valence-electron chi connectivity index (χ1n) is 6.85. The number of hydrogen-bond donors (Lipinski definition) is 1. The van der Waals surface area contributed by atoms with Crippen LogP contribution < -0.4 is 10.1 Å². The van der Waals surface area contributed by atoms with Crippen molar-refractivity contribution in [2.45, 2.75) is 0 Å². The average molecular weight is 347 g/mol. The highest BCUT2D eigenvalue weighted by Crippen LogP contribution is 2.26. The third kappa shape index (κ3) is 3.73. The van der Waals surface area contributed by atoms with Crippen LogP contribution in [0.25, 0.3) is 10.9 Å². The van der Waals surface area contributed by atoms with Crippen LogP contribution in [-0.4, -0.2) is 17.5 Å². The first-order chi connectivity index (χ1) is 11.1. The maximum Gasteiger partial charge on any atom is 0.262 e. The fraction of sp³-hybridized carbons (Fsp3) is 0.0588. The quantitative estimate of drug-likeness (QED) is 0.753. The summed E-state index contributed by atoms with van der Waals surface area (Å²) in [5, 5.41) is 4.51. The number of rotatable bonds is 4. The van der Waals surface area contributed by atoms with Crippen LogP contribution in [0.2, 0.25) is 10.0 Å². The molecular weight excluding hydrogens is 335 g/mol. The number of halogens is 2. The molecule has 3 aromatic rings. The lowest BCUT2D eigenvalue weighted by Gasteiger charge is -2.10. The standard InChI is InChI=1S/C17H12Cl2N2O2/c18-12-6-7-14(13(19)9-12)21-16(22)10-23-15-5-1-3-11-4-2-8-20-17(11)15/h1-9H,10H2,(H,21,22). The van der Waals surface area contributed by atoms with Crippen LogP contribution in [0.1, 0.15) is 0 Å². The number of pyridine rings is 1. The minimum Gasteiger partial charge on any atom is -0.481 e. The van der Waals surface area contributed by atoms with Gasteiger partial charge in [-0.15, -0.1) is 0 Å². The lowest BCUT2D eigenvalue weighted by Crippen LogP contribution is -2.20. The molecule has 3 rings (SSSR count). The van der Waals surface area contributed by atoms with Crippen LogP contribution in [0.4, 0.5) is 5.69 Å². The summed E-state index contributed by atoms with van der Waals surface area (Å²) in [6.07, 6.45) is 1.68. The molecule has 0 unspecified atom stereocenters. The van der Waals surface area contributed by atoms with Gasteiger partial charge in [-0.25, -0.2) is 0 Å². The van der Waals surface area contributed by atoms with E-state index in [0.717, 1.165) is 5.39 Å². The maximum atomic E-state index is 12.0. The predicted molar refractivity (Wildman–Crippen MR) is 92.3 cm³/mol. The number of fused-ring (bicyclic) bond motifs is 1. The molecule has 1 N–H and O–H groups in total. The maximum absolute atomic E-state index is 12.0. The molecule has 4 nitrogen and oxygen atoms in total. The first kappa shape index (κ1) is 15.6. The van der Waals surface area contributed by atoms with Crippen molar-refractivity contribution in [1.82, 2.24) is 4.98 Å². The summed E-state index contributed by atoms with van der Waals surface area (Å²) in [7, 11) is 0. The normalized spacial score (nSPS) is 10.5. The number of anilines is 1. The van der Waals surface area contributed by atoms with Crippen LogP contribution in [0.5, 0.6) is 5.75 Å². The van der Waals surface area contributed by atoms with Gasteiger partial charge in [0.1, 0.15) is 11.3 Å². The van der Waals surface area contributed by atoms with Gasteiger partial charge in [-0.3, -0.25) is 9.78 Å². The lowest BCUT2D eigenvalue weighted by molar-refractivity contribution is -0.118. The number of carbonyl (C=O) groups is 1. The highest BCUT2D eigenvalue weighted by Gasteiger charge is 2.09. The Morgan fingerprint density at radius 2 is 1.96 bits per heavy atom. The van der Waals surface area contributed by atoms with E-state index in [2.05, 4.69) is 10.3 Å². The molecule has 0 atom stereocenters. The lowest BCUT2D eigenvalue weighted by atomic mass is 10.2. The summed E-state index contributed by atoms with van der Waals surface area (Å²) >= 11 is 11.8. The minimum absolute atomic E-state index is 0.144. The molecule has 0 bridgehead atoms. The fourth-order valence-electron chi connectivity index (χ4n) is 2.11. The Kier molecular flexibility index (Phi) is 4.65. The molecule has 1 amide bonds. The van der Waals surface area contributed by atoms with Gasteiger partial charge in [0.15, 0.2) is 6.61 Å². The van der Waals surface area contributed by atoms with Crippen molar-refractivity contribution in [1.29, 1.82) is 0 Å². The van der Waals surface area contributed by atoms with Crippen molar-refractivity contribution in [3.05, 3.63) is 64.8 Å². The Labute approximate surface area is 143 Å². The number of ether oxygens (including phenoxy) is 1. The molecule has 0 fully saturated rings. The van der Waals surface area contributed by atoms with E-state index in [1.807, 2.05) is 24.3 Å². The number of hydrogen-bond acceptors (Lipinski definition) is 3. The van der Waals surface area contributed by atoms with Gasteiger partial charge in [0.2, 0.25) is 0 Å². The SMILES string of the molecule is O=C(COc1cccc2cccnc12)Nc1ccc(Cl)cc1Cl. The monoisotopic (exact) mass is 346 g/mol. The van der Waals surface area contributed by atoms with Gasteiger partial charge >= 0.3 is 0 Å². The molecule has 2 aromatic carbocycles. The number of para-hydroxylation sites is 1. The Hall–Kier alpha value is -2.30. The molecular formula is C17H12Cl2N2O2. The number of amides is 1. The molecule has 116 valence electrons. The summed E-state index contributed by atoms with van der Waals surface area (Å²) in [4.78, 5) is 16.3. The summed E-state index contributed by atoms with van der Waals surface area (Å²) in [5.74, 6) is 0.239. The van der Waals surface area contributed by atoms with Gasteiger partial charge in [0.05, 0.1) is 10.7 Å². The third-order valence-electron chi connectivity index (χ3n) is 3.16. The van der Waals surface area contributed by atoms with E-state index in [-0.39, 0.29) is 12.5 Å². The highest BCUT2D eigenvalue weighted by molar-refractivity contribution is 6.36. The molecule has 23 heavy (non-hydrogen) atoms. The largest absolute Gasteiger partial charge is 0.481 e. The number of nitrogens with zero attached hydrogens (tertiary/aromatic N) is 1. The molecule has 1 aromatic heterocycles. The summed E-state index contributed by atoms with van der Waals surface area (Å²) in [5.41, 5.74) is 1.20. The molecule has 0 aliphatic rings. The zero-order valence-corrected chi connectivity index (χ0v) is 13.4. The zero-order chi connectivity index (χ0) is 16.2. The van der Waals surface area contributed by atoms with E-state index in [1.54, 1.807) is 30.5 Å². The number of aromatic nitrogens is 1.